The van der Waals surface area contributed by atoms with E-state index in [0.29, 0.717) is 30.2 Å². The lowest BCUT2D eigenvalue weighted by Crippen LogP contribution is -2.24. The third-order valence-corrected chi connectivity index (χ3v) is 5.56. The van der Waals surface area contributed by atoms with Crippen LogP contribution in [0, 0.1) is 5.82 Å². The van der Waals surface area contributed by atoms with E-state index in [2.05, 4.69) is 25.3 Å². The summed E-state index contributed by atoms with van der Waals surface area (Å²) in [6.07, 6.45) is 8.73. The second kappa shape index (κ2) is 10.2. The first kappa shape index (κ1) is 21.7. The van der Waals surface area contributed by atoms with Crippen LogP contribution < -0.4 is 20.7 Å². The first-order valence-corrected chi connectivity index (χ1v) is 10.9. The number of methoxy groups -OCH3 is 1. The molecular formula is C23H28FN7O. The second-order valence-corrected chi connectivity index (χ2v) is 7.88. The zero-order chi connectivity index (χ0) is 22.3. The molecule has 0 radical (unpaired) electrons. The Hall–Kier alpha value is -3.49. The zero-order valence-electron chi connectivity index (χ0n) is 18.2. The van der Waals surface area contributed by atoms with Gasteiger partial charge in [0.15, 0.2) is 11.6 Å². The van der Waals surface area contributed by atoms with E-state index in [4.69, 9.17) is 10.5 Å². The smallest absolute Gasteiger partial charge is 0.236 e. The fourth-order valence-corrected chi connectivity index (χ4v) is 3.93. The van der Waals surface area contributed by atoms with Crippen molar-refractivity contribution in [2.75, 3.05) is 23.1 Å². The van der Waals surface area contributed by atoms with Crippen molar-refractivity contribution in [1.29, 1.82) is 0 Å². The summed E-state index contributed by atoms with van der Waals surface area (Å²) < 4.78 is 19.6. The van der Waals surface area contributed by atoms with Crippen molar-refractivity contribution in [2.45, 2.75) is 51.1 Å². The Morgan fingerprint density at radius 3 is 2.59 bits per heavy atom. The second-order valence-electron chi connectivity index (χ2n) is 7.88. The van der Waals surface area contributed by atoms with E-state index in [1.165, 1.54) is 38.9 Å². The highest BCUT2D eigenvalue weighted by Crippen LogP contribution is 2.30. The SMILES string of the molecule is COc1ccc(N(Cc2ccccn2)c2nc(N)nc(NC3CCCCCC3)n2)cc1F. The topological polar surface area (TPSA) is 102 Å². The van der Waals surface area contributed by atoms with E-state index >= 15 is 0 Å². The summed E-state index contributed by atoms with van der Waals surface area (Å²) in [7, 11) is 1.43. The molecule has 0 spiro atoms. The van der Waals surface area contributed by atoms with Crippen LogP contribution in [0.15, 0.2) is 42.6 Å². The number of hydrogen-bond acceptors (Lipinski definition) is 8. The van der Waals surface area contributed by atoms with Crippen molar-refractivity contribution in [1.82, 2.24) is 19.9 Å². The number of hydrogen-bond donors (Lipinski definition) is 2. The summed E-state index contributed by atoms with van der Waals surface area (Å²) in [6.45, 7) is 0.332. The molecule has 8 nitrogen and oxygen atoms in total. The molecule has 0 amide bonds. The Bertz CT molecular complexity index is 1030. The van der Waals surface area contributed by atoms with Crippen LogP contribution in [-0.4, -0.2) is 33.1 Å². The maximum atomic E-state index is 14.5. The first-order chi connectivity index (χ1) is 15.6. The van der Waals surface area contributed by atoms with Gasteiger partial charge in [-0.1, -0.05) is 31.7 Å². The molecule has 2 aromatic heterocycles. The van der Waals surface area contributed by atoms with Gasteiger partial charge in [-0.05, 0) is 37.1 Å². The standard InChI is InChI=1S/C23H28FN7O/c1-32-20-12-11-18(14-19(20)24)31(15-17-10-6-7-13-26-17)23-29-21(25)28-22(30-23)27-16-8-4-2-3-5-9-16/h6-7,10-14,16H,2-5,8-9,15H2,1H3,(H3,25,27,28,29,30). The molecule has 0 aliphatic heterocycles. The molecule has 0 bridgehead atoms. The van der Waals surface area contributed by atoms with Crippen molar-refractivity contribution in [2.24, 2.45) is 0 Å². The van der Waals surface area contributed by atoms with Crippen LogP contribution >= 0.6 is 0 Å². The van der Waals surface area contributed by atoms with Gasteiger partial charge >= 0.3 is 0 Å². The fraction of sp³-hybridized carbons (Fsp3) is 0.391. The predicted octanol–water partition coefficient (Wildman–Crippen LogP) is 4.47. The number of anilines is 4. The lowest BCUT2D eigenvalue weighted by molar-refractivity contribution is 0.386. The summed E-state index contributed by atoms with van der Waals surface area (Å²) in [4.78, 5) is 19.4. The van der Waals surface area contributed by atoms with Gasteiger partial charge < -0.3 is 20.7 Å². The lowest BCUT2D eigenvalue weighted by atomic mass is 10.1. The van der Waals surface area contributed by atoms with E-state index in [-0.39, 0.29) is 11.7 Å². The molecule has 0 unspecified atom stereocenters. The summed E-state index contributed by atoms with van der Waals surface area (Å²) in [5.74, 6) is 0.543. The van der Waals surface area contributed by atoms with Crippen molar-refractivity contribution < 1.29 is 9.13 Å². The molecule has 1 aliphatic carbocycles. The molecule has 0 saturated heterocycles. The Morgan fingerprint density at radius 1 is 1.09 bits per heavy atom. The molecular weight excluding hydrogens is 409 g/mol. The minimum absolute atomic E-state index is 0.103. The minimum atomic E-state index is -0.477. The van der Waals surface area contributed by atoms with Crippen LogP contribution in [-0.2, 0) is 6.54 Å². The van der Waals surface area contributed by atoms with Crippen molar-refractivity contribution in [3.63, 3.8) is 0 Å². The predicted molar refractivity (Wildman–Crippen MR) is 122 cm³/mol. The van der Waals surface area contributed by atoms with Crippen LogP contribution in [0.1, 0.15) is 44.2 Å². The van der Waals surface area contributed by atoms with E-state index in [0.717, 1.165) is 18.5 Å². The highest BCUT2D eigenvalue weighted by molar-refractivity contribution is 5.60. The van der Waals surface area contributed by atoms with E-state index in [1.807, 2.05) is 18.2 Å². The molecule has 1 fully saturated rings. The van der Waals surface area contributed by atoms with Crippen LogP contribution in [0.5, 0.6) is 5.75 Å². The number of halogens is 1. The lowest BCUT2D eigenvalue weighted by Gasteiger charge is -2.24. The maximum Gasteiger partial charge on any atom is 0.236 e. The quantitative estimate of drug-likeness (QED) is 0.522. The van der Waals surface area contributed by atoms with Gasteiger partial charge in [0.05, 0.1) is 19.3 Å². The molecule has 9 heteroatoms. The third kappa shape index (κ3) is 5.40. The van der Waals surface area contributed by atoms with Crippen LogP contribution in [0.25, 0.3) is 0 Å². The van der Waals surface area contributed by atoms with E-state index in [1.54, 1.807) is 23.2 Å². The van der Waals surface area contributed by atoms with Crippen LogP contribution in [0.3, 0.4) is 0 Å². The molecule has 3 aromatic rings. The van der Waals surface area contributed by atoms with Crippen molar-refractivity contribution >= 4 is 23.5 Å². The number of benzene rings is 1. The third-order valence-electron chi connectivity index (χ3n) is 5.56. The number of nitrogen functional groups attached to an aromatic ring is 1. The van der Waals surface area contributed by atoms with Gasteiger partial charge in [-0.3, -0.25) is 4.98 Å². The molecule has 4 rings (SSSR count). The van der Waals surface area contributed by atoms with Gasteiger partial charge in [-0.15, -0.1) is 0 Å². The largest absolute Gasteiger partial charge is 0.494 e. The van der Waals surface area contributed by atoms with Gasteiger partial charge in [0.2, 0.25) is 17.8 Å². The summed E-state index contributed by atoms with van der Waals surface area (Å²) in [6, 6.07) is 10.7. The first-order valence-electron chi connectivity index (χ1n) is 10.9. The maximum absolute atomic E-state index is 14.5. The zero-order valence-corrected chi connectivity index (χ0v) is 18.2. The molecule has 168 valence electrons. The fourth-order valence-electron chi connectivity index (χ4n) is 3.93. The van der Waals surface area contributed by atoms with Crippen molar-refractivity contribution in [3.8, 4) is 5.75 Å². The molecule has 2 heterocycles. The normalized spacial score (nSPS) is 14.6. The van der Waals surface area contributed by atoms with Gasteiger partial charge in [-0.2, -0.15) is 15.0 Å². The van der Waals surface area contributed by atoms with Crippen LogP contribution in [0.2, 0.25) is 0 Å². The Balaban J connectivity index is 1.68. The Morgan fingerprint density at radius 2 is 1.91 bits per heavy atom. The van der Waals surface area contributed by atoms with Gasteiger partial charge in [0.1, 0.15) is 0 Å². The molecule has 1 aromatic carbocycles. The van der Waals surface area contributed by atoms with Gasteiger partial charge in [0.25, 0.3) is 0 Å². The number of rotatable bonds is 7. The van der Waals surface area contributed by atoms with Gasteiger partial charge in [-0.25, -0.2) is 4.39 Å². The van der Waals surface area contributed by atoms with E-state index in [9.17, 15) is 4.39 Å². The highest BCUT2D eigenvalue weighted by Gasteiger charge is 2.20. The molecule has 3 N–H and O–H groups in total. The van der Waals surface area contributed by atoms with Crippen molar-refractivity contribution in [3.05, 3.63) is 54.1 Å². The Labute approximate surface area is 187 Å². The monoisotopic (exact) mass is 437 g/mol. The number of nitrogens with zero attached hydrogens (tertiary/aromatic N) is 5. The average Bonchev–Trinajstić information content (AvgIpc) is 3.06. The Kier molecular flexibility index (Phi) is 6.94. The van der Waals surface area contributed by atoms with Crippen LogP contribution in [0.4, 0.5) is 27.9 Å². The molecule has 32 heavy (non-hydrogen) atoms. The summed E-state index contributed by atoms with van der Waals surface area (Å²) >= 11 is 0. The number of nitrogens with two attached hydrogens (primary N) is 1. The minimum Gasteiger partial charge on any atom is -0.494 e. The summed E-state index contributed by atoms with van der Waals surface area (Å²) in [5.41, 5.74) is 7.38. The number of pyridine rings is 1. The molecule has 1 saturated carbocycles. The highest BCUT2D eigenvalue weighted by atomic mass is 19.1. The molecule has 0 atom stereocenters. The number of aromatic nitrogens is 4. The average molecular weight is 438 g/mol. The summed E-state index contributed by atoms with van der Waals surface area (Å²) in [5, 5.41) is 3.42. The van der Waals surface area contributed by atoms with Gasteiger partial charge in [0, 0.05) is 24.0 Å². The molecule has 1 aliphatic rings. The van der Waals surface area contributed by atoms with E-state index < -0.39 is 5.82 Å². The number of ether oxygens (including phenoxy) is 1. The number of nitrogens with one attached hydrogen (secondary N) is 1.